The number of hydrogen-bond donors (Lipinski definition) is 1. The van der Waals surface area contributed by atoms with Gasteiger partial charge in [-0.3, -0.25) is 0 Å². The van der Waals surface area contributed by atoms with E-state index < -0.39 is 0 Å². The van der Waals surface area contributed by atoms with Crippen LogP contribution in [-0.2, 0) is 0 Å². The second kappa shape index (κ2) is 6.60. The Kier molecular flexibility index (Phi) is 4.81. The predicted molar refractivity (Wildman–Crippen MR) is 88.5 cm³/mol. The van der Waals surface area contributed by atoms with Crippen molar-refractivity contribution in [1.82, 2.24) is 15.0 Å². The third-order valence-corrected chi connectivity index (χ3v) is 3.52. The van der Waals surface area contributed by atoms with Gasteiger partial charge in [0, 0.05) is 14.1 Å². The lowest BCUT2D eigenvalue weighted by Crippen LogP contribution is -2.15. The highest BCUT2D eigenvalue weighted by Crippen LogP contribution is 2.28. The third kappa shape index (κ3) is 3.45. The summed E-state index contributed by atoms with van der Waals surface area (Å²) in [5, 5.41) is 10.1. The van der Waals surface area contributed by atoms with Gasteiger partial charge in [0.1, 0.15) is 6.07 Å². The van der Waals surface area contributed by atoms with Gasteiger partial charge < -0.3 is 10.6 Å². The zero-order chi connectivity index (χ0) is 16.3. The van der Waals surface area contributed by atoms with Crippen LogP contribution in [0.4, 0.5) is 11.9 Å². The fourth-order valence-corrected chi connectivity index (χ4v) is 2.00. The van der Waals surface area contributed by atoms with Crippen LogP contribution in [0, 0.1) is 11.3 Å². The molecule has 2 rings (SSSR count). The molecule has 1 aromatic carbocycles. The lowest BCUT2D eigenvalue weighted by molar-refractivity contribution is 0.952. The molecule has 0 fully saturated rings. The van der Waals surface area contributed by atoms with E-state index in [2.05, 4.69) is 15.0 Å². The van der Waals surface area contributed by atoms with Crippen molar-refractivity contribution in [3.8, 4) is 6.07 Å². The number of anilines is 2. The summed E-state index contributed by atoms with van der Waals surface area (Å²) >= 11 is 12.1. The summed E-state index contributed by atoms with van der Waals surface area (Å²) < 4.78 is 0. The predicted octanol–water partition coefficient (Wildman–Crippen LogP) is 2.89. The van der Waals surface area contributed by atoms with Crippen molar-refractivity contribution in [1.29, 1.82) is 5.26 Å². The van der Waals surface area contributed by atoms with Gasteiger partial charge in [-0.15, -0.1) is 0 Å². The number of nitrogens with zero attached hydrogens (tertiary/aromatic N) is 5. The quantitative estimate of drug-likeness (QED) is 0.867. The minimum absolute atomic E-state index is 0.0343. The molecular weight excluding hydrogens is 323 g/mol. The van der Waals surface area contributed by atoms with Gasteiger partial charge in [0.2, 0.25) is 11.9 Å². The first-order valence-corrected chi connectivity index (χ1v) is 6.93. The summed E-state index contributed by atoms with van der Waals surface area (Å²) in [7, 11) is 3.53. The molecule has 0 saturated heterocycles. The van der Waals surface area contributed by atoms with Crippen LogP contribution >= 0.6 is 23.2 Å². The first-order valence-electron chi connectivity index (χ1n) is 6.17. The van der Waals surface area contributed by atoms with Gasteiger partial charge in [-0.2, -0.15) is 20.2 Å². The van der Waals surface area contributed by atoms with E-state index in [4.69, 9.17) is 28.9 Å². The van der Waals surface area contributed by atoms with Crippen molar-refractivity contribution in [2.75, 3.05) is 24.7 Å². The number of rotatable bonds is 3. The topological polar surface area (TPSA) is 91.7 Å². The molecule has 2 N–H and O–H groups in total. The van der Waals surface area contributed by atoms with Gasteiger partial charge in [-0.05, 0) is 17.7 Å². The molecule has 1 aromatic heterocycles. The second-order valence-electron chi connectivity index (χ2n) is 4.52. The molecule has 0 aliphatic rings. The van der Waals surface area contributed by atoms with E-state index in [1.165, 1.54) is 0 Å². The molecule has 1 heterocycles. The molecule has 112 valence electrons. The number of nitrogen functional groups attached to an aromatic ring is 1. The molecule has 0 aliphatic carbocycles. The zero-order valence-electron chi connectivity index (χ0n) is 11.9. The van der Waals surface area contributed by atoms with E-state index in [-0.39, 0.29) is 17.3 Å². The van der Waals surface area contributed by atoms with Crippen LogP contribution in [0.1, 0.15) is 11.4 Å². The highest BCUT2D eigenvalue weighted by Gasteiger charge is 2.12. The Balaban J connectivity index is 2.55. The van der Waals surface area contributed by atoms with Crippen LogP contribution in [-0.4, -0.2) is 29.0 Å². The van der Waals surface area contributed by atoms with Gasteiger partial charge in [-0.25, -0.2) is 0 Å². The highest BCUT2D eigenvalue weighted by molar-refractivity contribution is 6.43. The number of nitriles is 1. The number of nitrogens with two attached hydrogens (primary N) is 1. The summed E-state index contributed by atoms with van der Waals surface area (Å²) in [6.45, 7) is 0. The van der Waals surface area contributed by atoms with Crippen molar-refractivity contribution >= 4 is 46.7 Å². The maximum atomic E-state index is 9.37. The number of benzene rings is 1. The molecule has 2 aromatic rings. The minimum Gasteiger partial charge on any atom is -0.368 e. The first kappa shape index (κ1) is 16.0. The highest BCUT2D eigenvalue weighted by atomic mass is 35.5. The average Bonchev–Trinajstić information content (AvgIpc) is 2.48. The maximum Gasteiger partial charge on any atom is 0.230 e. The molecule has 0 unspecified atom stereocenters. The SMILES string of the molecule is CN(C)c1nc(N)nc(/C(C#N)=C/c2cccc(Cl)c2Cl)n1. The summed E-state index contributed by atoms with van der Waals surface area (Å²) in [6.07, 6.45) is 1.56. The number of allylic oxidation sites excluding steroid dienone is 1. The van der Waals surface area contributed by atoms with Crippen molar-refractivity contribution in [2.45, 2.75) is 0 Å². The number of halogens is 2. The minimum atomic E-state index is 0.0343. The van der Waals surface area contributed by atoms with Gasteiger partial charge in [-0.1, -0.05) is 35.3 Å². The van der Waals surface area contributed by atoms with E-state index >= 15 is 0 Å². The summed E-state index contributed by atoms with van der Waals surface area (Å²) in [4.78, 5) is 13.9. The summed E-state index contributed by atoms with van der Waals surface area (Å²) in [5.41, 5.74) is 6.47. The molecule has 0 saturated carbocycles. The molecule has 6 nitrogen and oxygen atoms in total. The summed E-state index contributed by atoms with van der Waals surface area (Å²) in [5.74, 6) is 0.572. The zero-order valence-corrected chi connectivity index (χ0v) is 13.4. The van der Waals surface area contributed by atoms with Crippen molar-refractivity contribution in [3.63, 3.8) is 0 Å². The van der Waals surface area contributed by atoms with Gasteiger partial charge in [0.15, 0.2) is 5.82 Å². The number of aromatic nitrogens is 3. The molecule has 0 amide bonds. The molecule has 0 bridgehead atoms. The fraction of sp³-hybridized carbons (Fsp3) is 0.143. The normalized spacial score (nSPS) is 11.1. The largest absolute Gasteiger partial charge is 0.368 e. The van der Waals surface area contributed by atoms with Crippen LogP contribution < -0.4 is 10.6 Å². The lowest BCUT2D eigenvalue weighted by Gasteiger charge is -2.11. The molecule has 0 radical (unpaired) electrons. The Morgan fingerprint density at radius 3 is 2.64 bits per heavy atom. The van der Waals surface area contributed by atoms with Crippen molar-refractivity contribution < 1.29 is 0 Å². The maximum absolute atomic E-state index is 9.37. The first-order chi connectivity index (χ1) is 10.4. The van der Waals surface area contributed by atoms with Crippen LogP contribution in [0.15, 0.2) is 18.2 Å². The van der Waals surface area contributed by atoms with Crippen LogP contribution in [0.3, 0.4) is 0 Å². The van der Waals surface area contributed by atoms with Crippen molar-refractivity contribution in [3.05, 3.63) is 39.6 Å². The van der Waals surface area contributed by atoms with Gasteiger partial charge in [0.25, 0.3) is 0 Å². The Morgan fingerprint density at radius 2 is 2.00 bits per heavy atom. The molecule has 8 heteroatoms. The molecular formula is C14H12Cl2N6. The molecule has 0 aliphatic heterocycles. The lowest BCUT2D eigenvalue weighted by atomic mass is 10.1. The van der Waals surface area contributed by atoms with E-state index in [1.54, 1.807) is 43.3 Å². The van der Waals surface area contributed by atoms with Gasteiger partial charge in [0.05, 0.1) is 15.6 Å². The fourth-order valence-electron chi connectivity index (χ4n) is 1.64. The Bertz CT molecular complexity index is 779. The monoisotopic (exact) mass is 334 g/mol. The van der Waals surface area contributed by atoms with Crippen molar-refractivity contribution in [2.24, 2.45) is 0 Å². The Labute approximate surface area is 137 Å². The van der Waals surface area contributed by atoms with E-state index in [1.807, 2.05) is 6.07 Å². The van der Waals surface area contributed by atoms with Crippen LogP contribution in [0.25, 0.3) is 11.6 Å². The van der Waals surface area contributed by atoms with Crippen LogP contribution in [0.5, 0.6) is 0 Å². The number of hydrogen-bond acceptors (Lipinski definition) is 6. The second-order valence-corrected chi connectivity index (χ2v) is 5.31. The molecule has 0 atom stereocenters. The smallest absolute Gasteiger partial charge is 0.230 e. The average molecular weight is 335 g/mol. The van der Waals surface area contributed by atoms with E-state index in [9.17, 15) is 5.26 Å². The Hall–Kier alpha value is -2.36. The van der Waals surface area contributed by atoms with Gasteiger partial charge >= 0.3 is 0 Å². The molecule has 0 spiro atoms. The van der Waals surface area contributed by atoms with E-state index in [0.717, 1.165) is 0 Å². The Morgan fingerprint density at radius 1 is 1.27 bits per heavy atom. The standard InChI is InChI=1S/C14H12Cl2N6/c1-22(2)14-20-12(19-13(18)21-14)9(7-17)6-8-4-3-5-10(15)11(8)16/h3-6H,1-2H3,(H2,18,19,20,21)/b9-6+. The summed E-state index contributed by atoms with van der Waals surface area (Å²) in [6, 6.07) is 7.18. The van der Waals surface area contributed by atoms with E-state index in [0.29, 0.717) is 21.6 Å². The van der Waals surface area contributed by atoms with Crippen LogP contribution in [0.2, 0.25) is 10.0 Å². The molecule has 22 heavy (non-hydrogen) atoms. The third-order valence-electron chi connectivity index (χ3n) is 2.68.